The van der Waals surface area contributed by atoms with Gasteiger partial charge in [-0.25, -0.2) is 4.79 Å². The molecule has 1 amide bonds. The Labute approximate surface area is 109 Å². The summed E-state index contributed by atoms with van der Waals surface area (Å²) in [5.74, 6) is 0. The smallest absolute Gasteiger partial charge is 0.410 e. The van der Waals surface area contributed by atoms with Crippen LogP contribution in [0.15, 0.2) is 30.3 Å². The maximum Gasteiger partial charge on any atom is 0.410 e. The van der Waals surface area contributed by atoms with Crippen molar-refractivity contribution in [2.24, 2.45) is 5.41 Å². The predicted octanol–water partition coefficient (Wildman–Crippen LogP) is 3.61. The van der Waals surface area contributed by atoms with Crippen LogP contribution in [-0.4, -0.2) is 23.6 Å². The van der Waals surface area contributed by atoms with Crippen molar-refractivity contribution >= 4 is 6.09 Å². The van der Waals surface area contributed by atoms with E-state index in [0.717, 1.165) is 12.1 Å². The highest BCUT2D eigenvalue weighted by molar-refractivity contribution is 5.71. The number of hydrogen-bond acceptors (Lipinski definition) is 2. The molecule has 18 heavy (non-hydrogen) atoms. The third-order valence-corrected chi connectivity index (χ3v) is 3.16. The first-order valence-corrected chi connectivity index (χ1v) is 6.41. The largest absolute Gasteiger partial charge is 0.439 e. The van der Waals surface area contributed by atoms with Crippen LogP contribution >= 0.6 is 0 Å². The van der Waals surface area contributed by atoms with Crippen molar-refractivity contribution in [1.29, 1.82) is 0 Å². The lowest BCUT2D eigenvalue weighted by Gasteiger charge is -2.28. The summed E-state index contributed by atoms with van der Waals surface area (Å²) in [7, 11) is 0. The number of carbonyl (C=O) groups excluding carboxylic acids is 1. The summed E-state index contributed by atoms with van der Waals surface area (Å²) in [6.45, 7) is 9.15. The molecule has 2 atom stereocenters. The molecule has 1 heterocycles. The van der Waals surface area contributed by atoms with Gasteiger partial charge in [-0.15, -0.1) is 0 Å². The third kappa shape index (κ3) is 2.66. The van der Waals surface area contributed by atoms with Crippen LogP contribution in [0.2, 0.25) is 0 Å². The van der Waals surface area contributed by atoms with Crippen molar-refractivity contribution in [3.63, 3.8) is 0 Å². The predicted molar refractivity (Wildman–Crippen MR) is 71.3 cm³/mol. The van der Waals surface area contributed by atoms with Gasteiger partial charge in [0.1, 0.15) is 6.10 Å². The van der Waals surface area contributed by atoms with Crippen LogP contribution in [-0.2, 0) is 4.74 Å². The number of rotatable bonds is 2. The van der Waals surface area contributed by atoms with Gasteiger partial charge in [-0.3, -0.25) is 0 Å². The summed E-state index contributed by atoms with van der Waals surface area (Å²) in [6, 6.07) is 10.0. The Hall–Kier alpha value is -1.51. The Morgan fingerprint density at radius 1 is 1.22 bits per heavy atom. The second-order valence-corrected chi connectivity index (χ2v) is 6.14. The van der Waals surface area contributed by atoms with Crippen molar-refractivity contribution in [2.45, 2.75) is 39.8 Å². The number of amides is 1. The van der Waals surface area contributed by atoms with Gasteiger partial charge in [0.25, 0.3) is 0 Å². The van der Waals surface area contributed by atoms with Crippen LogP contribution in [0.3, 0.4) is 0 Å². The van der Waals surface area contributed by atoms with Crippen molar-refractivity contribution in [2.75, 3.05) is 6.54 Å². The van der Waals surface area contributed by atoms with Crippen LogP contribution in [0.5, 0.6) is 0 Å². The minimum absolute atomic E-state index is 0.0822. The van der Waals surface area contributed by atoms with E-state index >= 15 is 0 Å². The quantitative estimate of drug-likeness (QED) is 0.799. The Morgan fingerprint density at radius 3 is 2.39 bits per heavy atom. The van der Waals surface area contributed by atoms with E-state index in [1.165, 1.54) is 0 Å². The average molecular weight is 247 g/mol. The standard InChI is InChI=1S/C15H21NO2/c1-11-13(12-8-6-5-7-9-12)18-14(17)16(11)10-15(2,3)4/h5-9,11,13H,10H2,1-4H3/t11-,13-/m1/s1. The number of hydrogen-bond donors (Lipinski definition) is 0. The molecule has 0 radical (unpaired) electrons. The van der Waals surface area contributed by atoms with Crippen LogP contribution in [0.4, 0.5) is 4.79 Å². The summed E-state index contributed by atoms with van der Waals surface area (Å²) in [5.41, 5.74) is 1.15. The molecule has 0 N–H and O–H groups in total. The molecular weight excluding hydrogens is 226 g/mol. The van der Waals surface area contributed by atoms with E-state index in [1.807, 2.05) is 42.2 Å². The van der Waals surface area contributed by atoms with E-state index in [9.17, 15) is 4.79 Å². The molecule has 1 aliphatic rings. The SMILES string of the molecule is C[C@@H]1[C@H](c2ccccc2)OC(=O)N1CC(C)(C)C. The van der Waals surface area contributed by atoms with E-state index in [-0.39, 0.29) is 23.7 Å². The van der Waals surface area contributed by atoms with E-state index in [0.29, 0.717) is 0 Å². The molecule has 1 aliphatic heterocycles. The normalized spacial score (nSPS) is 24.2. The molecule has 1 aromatic carbocycles. The van der Waals surface area contributed by atoms with Gasteiger partial charge in [0.2, 0.25) is 0 Å². The van der Waals surface area contributed by atoms with Crippen molar-refractivity contribution < 1.29 is 9.53 Å². The minimum Gasteiger partial charge on any atom is -0.439 e. The fraction of sp³-hybridized carbons (Fsp3) is 0.533. The molecule has 2 rings (SSSR count). The van der Waals surface area contributed by atoms with Gasteiger partial charge >= 0.3 is 6.09 Å². The van der Waals surface area contributed by atoms with Gasteiger partial charge < -0.3 is 9.64 Å². The Bertz CT molecular complexity index is 422. The number of nitrogens with zero attached hydrogens (tertiary/aromatic N) is 1. The minimum atomic E-state index is -0.203. The van der Waals surface area contributed by atoms with Gasteiger partial charge in [0.15, 0.2) is 0 Å². The van der Waals surface area contributed by atoms with Crippen LogP contribution in [0.1, 0.15) is 39.4 Å². The number of ether oxygens (including phenoxy) is 1. The summed E-state index contributed by atoms with van der Waals surface area (Å²) in [5, 5.41) is 0. The van der Waals surface area contributed by atoms with E-state index in [1.54, 1.807) is 0 Å². The molecule has 0 saturated carbocycles. The van der Waals surface area contributed by atoms with E-state index in [2.05, 4.69) is 20.8 Å². The second-order valence-electron chi connectivity index (χ2n) is 6.14. The monoisotopic (exact) mass is 247 g/mol. The zero-order valence-electron chi connectivity index (χ0n) is 11.5. The van der Waals surface area contributed by atoms with Gasteiger partial charge in [-0.2, -0.15) is 0 Å². The average Bonchev–Trinajstić information content (AvgIpc) is 2.56. The zero-order chi connectivity index (χ0) is 13.3. The molecule has 1 fully saturated rings. The van der Waals surface area contributed by atoms with Gasteiger partial charge in [-0.05, 0) is 17.9 Å². The Balaban J connectivity index is 2.17. The third-order valence-electron chi connectivity index (χ3n) is 3.16. The fourth-order valence-corrected chi connectivity index (χ4v) is 2.31. The molecule has 0 unspecified atom stereocenters. The molecule has 0 spiro atoms. The van der Waals surface area contributed by atoms with Crippen molar-refractivity contribution in [1.82, 2.24) is 4.90 Å². The molecular formula is C15H21NO2. The first kappa shape index (κ1) is 12.9. The summed E-state index contributed by atoms with van der Waals surface area (Å²) < 4.78 is 5.51. The van der Waals surface area contributed by atoms with Crippen LogP contribution in [0, 0.1) is 5.41 Å². The highest BCUT2D eigenvalue weighted by Crippen LogP contribution is 2.34. The van der Waals surface area contributed by atoms with Crippen LogP contribution < -0.4 is 0 Å². The molecule has 98 valence electrons. The maximum atomic E-state index is 11.9. The zero-order valence-corrected chi connectivity index (χ0v) is 11.5. The van der Waals surface area contributed by atoms with Gasteiger partial charge in [0, 0.05) is 6.54 Å². The van der Waals surface area contributed by atoms with E-state index < -0.39 is 0 Å². The van der Waals surface area contributed by atoms with Crippen molar-refractivity contribution in [3.05, 3.63) is 35.9 Å². The summed E-state index contributed by atoms with van der Waals surface area (Å²) in [4.78, 5) is 13.8. The molecule has 0 aliphatic carbocycles. The Kier molecular flexibility index (Phi) is 3.33. The van der Waals surface area contributed by atoms with Crippen LogP contribution in [0.25, 0.3) is 0 Å². The first-order valence-electron chi connectivity index (χ1n) is 6.41. The fourth-order valence-electron chi connectivity index (χ4n) is 2.31. The summed E-state index contributed by atoms with van der Waals surface area (Å²) >= 11 is 0. The number of carbonyl (C=O) groups is 1. The molecule has 0 bridgehead atoms. The molecule has 0 aromatic heterocycles. The summed E-state index contributed by atoms with van der Waals surface area (Å²) in [6.07, 6.45) is -0.354. The lowest BCUT2D eigenvalue weighted by Crippen LogP contribution is -2.38. The van der Waals surface area contributed by atoms with Crippen molar-refractivity contribution in [3.8, 4) is 0 Å². The number of benzene rings is 1. The molecule has 3 nitrogen and oxygen atoms in total. The topological polar surface area (TPSA) is 29.5 Å². The first-order chi connectivity index (χ1) is 8.38. The van der Waals surface area contributed by atoms with Gasteiger partial charge in [-0.1, -0.05) is 51.1 Å². The second kappa shape index (κ2) is 4.63. The molecule has 3 heteroatoms. The van der Waals surface area contributed by atoms with E-state index in [4.69, 9.17) is 4.74 Å². The lowest BCUT2D eigenvalue weighted by molar-refractivity contribution is 0.128. The van der Waals surface area contributed by atoms with Gasteiger partial charge in [0.05, 0.1) is 6.04 Å². The maximum absolute atomic E-state index is 11.9. The molecule has 1 saturated heterocycles. The Morgan fingerprint density at radius 2 is 1.83 bits per heavy atom. The molecule has 1 aromatic rings. The highest BCUT2D eigenvalue weighted by Gasteiger charge is 2.40. The lowest BCUT2D eigenvalue weighted by atomic mass is 9.94. The highest BCUT2D eigenvalue weighted by atomic mass is 16.6. The number of cyclic esters (lactones) is 1.